The van der Waals surface area contributed by atoms with Crippen LogP contribution in [0, 0.1) is 11.6 Å². The van der Waals surface area contributed by atoms with Gasteiger partial charge in [0, 0.05) is 11.1 Å². The summed E-state index contributed by atoms with van der Waals surface area (Å²) in [5.41, 5.74) is -0.344. The highest BCUT2D eigenvalue weighted by atomic mass is 19.1. The highest BCUT2D eigenvalue weighted by Gasteiger charge is 2.26. The van der Waals surface area contributed by atoms with Crippen molar-refractivity contribution >= 4 is 17.6 Å². The average molecular weight is 376 g/mol. The molecule has 2 aromatic rings. The highest BCUT2D eigenvalue weighted by Crippen LogP contribution is 2.31. The van der Waals surface area contributed by atoms with Crippen molar-refractivity contribution in [2.24, 2.45) is 0 Å². The van der Waals surface area contributed by atoms with Crippen LogP contribution in [0.1, 0.15) is 23.4 Å². The van der Waals surface area contributed by atoms with Crippen LogP contribution in [0.4, 0.5) is 14.5 Å². The molecule has 7 heteroatoms. The van der Waals surface area contributed by atoms with Gasteiger partial charge >= 0.3 is 5.97 Å². The quantitative estimate of drug-likeness (QED) is 0.822. The van der Waals surface area contributed by atoms with Crippen molar-refractivity contribution in [3.05, 3.63) is 59.2 Å². The summed E-state index contributed by atoms with van der Waals surface area (Å²) in [7, 11) is -2.67. The second kappa shape index (κ2) is 7.57. The SMILES string of the molecule is [2H]C([2H])([2H])Oc1cccc(-c2cc(F)c(NC(=O)C3=C(C(=O)O)CCC3)c(F)c2)c1. The van der Waals surface area contributed by atoms with Crippen molar-refractivity contribution in [3.8, 4) is 16.9 Å². The van der Waals surface area contributed by atoms with E-state index in [4.69, 9.17) is 14.0 Å². The lowest BCUT2D eigenvalue weighted by atomic mass is 10.0. The summed E-state index contributed by atoms with van der Waals surface area (Å²) < 4.78 is 55.3. The van der Waals surface area contributed by atoms with Crippen molar-refractivity contribution in [1.29, 1.82) is 0 Å². The largest absolute Gasteiger partial charge is 0.497 e. The number of carboxylic acid groups (broad SMARTS) is 1. The molecule has 27 heavy (non-hydrogen) atoms. The Labute approximate surface area is 158 Å². The van der Waals surface area contributed by atoms with Gasteiger partial charge < -0.3 is 15.2 Å². The first-order valence-corrected chi connectivity index (χ1v) is 8.10. The smallest absolute Gasteiger partial charge is 0.332 e. The van der Waals surface area contributed by atoms with Gasteiger partial charge in [0.1, 0.15) is 23.1 Å². The molecule has 0 unspecified atom stereocenters. The summed E-state index contributed by atoms with van der Waals surface area (Å²) in [5.74, 6) is -4.20. The van der Waals surface area contributed by atoms with Crippen LogP contribution in [0.2, 0.25) is 0 Å². The summed E-state index contributed by atoms with van der Waals surface area (Å²) in [4.78, 5) is 23.5. The topological polar surface area (TPSA) is 75.6 Å². The van der Waals surface area contributed by atoms with E-state index in [1.165, 1.54) is 24.3 Å². The number of amides is 1. The maximum absolute atomic E-state index is 14.6. The minimum atomic E-state index is -2.67. The molecule has 0 radical (unpaired) electrons. The maximum Gasteiger partial charge on any atom is 0.332 e. The fourth-order valence-corrected chi connectivity index (χ4v) is 3.02. The molecule has 3 rings (SSSR count). The third kappa shape index (κ3) is 3.81. The zero-order valence-electron chi connectivity index (χ0n) is 17.0. The van der Waals surface area contributed by atoms with Crippen LogP contribution < -0.4 is 10.1 Å². The van der Waals surface area contributed by atoms with Crippen LogP contribution in [-0.4, -0.2) is 24.0 Å². The van der Waals surface area contributed by atoms with Gasteiger partial charge in [0.2, 0.25) is 0 Å². The number of nitrogens with one attached hydrogen (secondary N) is 1. The number of aliphatic carboxylic acids is 1. The number of anilines is 1. The van der Waals surface area contributed by atoms with Crippen LogP contribution in [-0.2, 0) is 9.59 Å². The molecule has 140 valence electrons. The number of methoxy groups -OCH3 is 1. The number of hydrogen-bond acceptors (Lipinski definition) is 3. The van der Waals surface area contributed by atoms with Gasteiger partial charge in [0.15, 0.2) is 0 Å². The average Bonchev–Trinajstić information content (AvgIpc) is 3.13. The first-order valence-electron chi connectivity index (χ1n) is 9.60. The van der Waals surface area contributed by atoms with Gasteiger partial charge in [-0.25, -0.2) is 13.6 Å². The molecule has 1 amide bonds. The molecule has 0 spiro atoms. The molecule has 1 aliphatic rings. The number of hydrogen-bond donors (Lipinski definition) is 2. The molecule has 0 aromatic heterocycles. The Morgan fingerprint density at radius 2 is 1.81 bits per heavy atom. The van der Waals surface area contributed by atoms with Crippen LogP contribution >= 0.6 is 0 Å². The van der Waals surface area contributed by atoms with Gasteiger partial charge in [-0.3, -0.25) is 4.79 Å². The number of carbonyl (C=O) groups excluding carboxylic acids is 1. The first-order chi connectivity index (χ1) is 14.0. The van der Waals surface area contributed by atoms with Crippen molar-refractivity contribution in [2.75, 3.05) is 12.4 Å². The van der Waals surface area contributed by atoms with Crippen molar-refractivity contribution in [2.45, 2.75) is 19.3 Å². The van der Waals surface area contributed by atoms with Gasteiger partial charge in [-0.05, 0) is 54.7 Å². The van der Waals surface area contributed by atoms with Gasteiger partial charge in [0.25, 0.3) is 5.91 Å². The first kappa shape index (κ1) is 14.9. The fourth-order valence-electron chi connectivity index (χ4n) is 3.02. The normalized spacial score (nSPS) is 15.7. The Morgan fingerprint density at radius 1 is 1.11 bits per heavy atom. The number of ether oxygens (including phenoxy) is 1. The summed E-state index contributed by atoms with van der Waals surface area (Å²) in [5, 5.41) is 11.2. The summed E-state index contributed by atoms with van der Waals surface area (Å²) in [6, 6.07) is 7.67. The van der Waals surface area contributed by atoms with Crippen LogP contribution in [0.5, 0.6) is 5.75 Å². The molecule has 5 nitrogen and oxygen atoms in total. The van der Waals surface area contributed by atoms with Crippen LogP contribution in [0.15, 0.2) is 47.5 Å². The second-order valence-electron chi connectivity index (χ2n) is 6.01. The predicted molar refractivity (Wildman–Crippen MR) is 95.5 cm³/mol. The molecule has 0 fully saturated rings. The molecule has 0 saturated carbocycles. The molecule has 2 aromatic carbocycles. The van der Waals surface area contributed by atoms with E-state index in [9.17, 15) is 18.4 Å². The molecular weight excluding hydrogens is 356 g/mol. The molecule has 0 saturated heterocycles. The molecule has 2 N–H and O–H groups in total. The van der Waals surface area contributed by atoms with E-state index in [-0.39, 0.29) is 35.3 Å². The Bertz CT molecular complexity index is 1030. The van der Waals surface area contributed by atoms with Crippen molar-refractivity contribution < 1.29 is 32.3 Å². The Morgan fingerprint density at radius 3 is 2.48 bits per heavy atom. The predicted octanol–water partition coefficient (Wildman–Crippen LogP) is 4.14. The minimum absolute atomic E-state index is 0.0000614. The molecular formula is C20H17F2NO4. The number of rotatable bonds is 5. The third-order valence-corrected chi connectivity index (χ3v) is 4.32. The summed E-state index contributed by atoms with van der Waals surface area (Å²) in [6.45, 7) is 0. The highest BCUT2D eigenvalue weighted by molar-refractivity contribution is 6.09. The lowest BCUT2D eigenvalue weighted by Gasteiger charge is -2.11. The van der Waals surface area contributed by atoms with E-state index in [0.29, 0.717) is 12.0 Å². The molecule has 1 aliphatic carbocycles. The number of carboxylic acids is 1. The second-order valence-corrected chi connectivity index (χ2v) is 6.01. The van der Waals surface area contributed by atoms with E-state index in [0.717, 1.165) is 12.1 Å². The maximum atomic E-state index is 14.6. The standard InChI is InChI=1S/C20H17F2NO4/c1-27-13-5-2-4-11(8-13)12-9-16(21)18(17(22)10-12)23-19(24)14-6-3-7-15(14)20(25)26/h2,4-5,8-10H,3,6-7H2,1H3,(H,23,24)(H,25,26)/i1D3. The number of halogens is 2. The van der Waals surface area contributed by atoms with E-state index < -0.39 is 36.2 Å². The molecule has 0 aliphatic heterocycles. The fraction of sp³-hybridized carbons (Fsp3) is 0.200. The van der Waals surface area contributed by atoms with Gasteiger partial charge in [-0.1, -0.05) is 12.1 Å². The van der Waals surface area contributed by atoms with Gasteiger partial charge in [0.05, 0.1) is 11.2 Å². The number of carbonyl (C=O) groups is 2. The molecule has 0 bridgehead atoms. The van der Waals surface area contributed by atoms with Crippen LogP contribution in [0.3, 0.4) is 0 Å². The van der Waals surface area contributed by atoms with Crippen molar-refractivity contribution in [3.63, 3.8) is 0 Å². The monoisotopic (exact) mass is 376 g/mol. The third-order valence-electron chi connectivity index (χ3n) is 4.32. The van der Waals surface area contributed by atoms with E-state index in [1.54, 1.807) is 0 Å². The minimum Gasteiger partial charge on any atom is -0.497 e. The van der Waals surface area contributed by atoms with Gasteiger partial charge in [-0.2, -0.15) is 0 Å². The number of benzene rings is 2. The zero-order chi connectivity index (χ0) is 22.1. The van der Waals surface area contributed by atoms with Crippen LogP contribution in [0.25, 0.3) is 11.1 Å². The Kier molecular flexibility index (Phi) is 4.18. The summed E-state index contributed by atoms with van der Waals surface area (Å²) >= 11 is 0. The van der Waals surface area contributed by atoms with E-state index >= 15 is 0 Å². The van der Waals surface area contributed by atoms with E-state index in [2.05, 4.69) is 5.32 Å². The lowest BCUT2D eigenvalue weighted by molar-refractivity contribution is -0.133. The van der Waals surface area contributed by atoms with Gasteiger partial charge in [-0.15, -0.1) is 0 Å². The zero-order valence-corrected chi connectivity index (χ0v) is 14.0. The van der Waals surface area contributed by atoms with Crippen molar-refractivity contribution in [1.82, 2.24) is 0 Å². The molecule has 0 atom stereocenters. The lowest BCUT2D eigenvalue weighted by Crippen LogP contribution is -2.18. The molecule has 0 heterocycles. The Hall–Kier alpha value is -3.22. The van der Waals surface area contributed by atoms with E-state index in [1.807, 2.05) is 0 Å². The summed E-state index contributed by atoms with van der Waals surface area (Å²) in [6.07, 6.45) is 0.907. The Balaban J connectivity index is 1.88.